The quantitative estimate of drug-likeness (QED) is 0.229. The van der Waals surface area contributed by atoms with Crippen LogP contribution in [0.3, 0.4) is 0 Å². The van der Waals surface area contributed by atoms with Crippen molar-refractivity contribution in [3.8, 4) is 0 Å². The van der Waals surface area contributed by atoms with Crippen LogP contribution in [0.4, 0.5) is 0 Å². The van der Waals surface area contributed by atoms with Crippen molar-refractivity contribution in [1.82, 2.24) is 0 Å². The number of rotatable bonds is 0. The Morgan fingerprint density at radius 3 is 1.25 bits per heavy atom. The van der Waals surface area contributed by atoms with Gasteiger partial charge in [-0.25, -0.2) is 0 Å². The van der Waals surface area contributed by atoms with E-state index in [1.54, 1.807) is 0 Å². The molecule has 0 aliphatic carbocycles. The molecule has 1 N–H and O–H groups in total. The first-order valence-electron chi connectivity index (χ1n) is 0.565. The summed E-state index contributed by atoms with van der Waals surface area (Å²) in [6.45, 7) is 0. The van der Waals surface area contributed by atoms with Crippen molar-refractivity contribution in [2.45, 2.75) is 0 Å². The van der Waals surface area contributed by atoms with Crippen LogP contribution in [0.15, 0.2) is 0 Å². The van der Waals surface area contributed by atoms with Crippen LogP contribution >= 0.6 is 0 Å². The molecule has 0 rings (SSSR count). The van der Waals surface area contributed by atoms with E-state index in [4.69, 9.17) is 15.3 Å². The minimum Gasteiger partial charge on any atom is -0.358 e. The Hall–Kier alpha value is -0.268. The van der Waals surface area contributed by atoms with E-state index in [0.29, 0.717) is 0 Å². The maximum atomic E-state index is 8.36. The largest absolute Gasteiger partial charge is 3.00 e. The van der Waals surface area contributed by atoms with E-state index in [2.05, 4.69) is 0 Å². The Kier molecular flexibility index (Phi) is 174. The van der Waals surface area contributed by atoms with Gasteiger partial charge in [0.15, 0.2) is 0 Å². The molecule has 4 nitrogen and oxygen atoms in total. The van der Waals surface area contributed by atoms with Crippen molar-refractivity contribution in [3.63, 3.8) is 0 Å². The van der Waals surface area contributed by atoms with Crippen LogP contribution in [0.2, 0.25) is 0 Å². The van der Waals surface area contributed by atoms with Crippen molar-refractivity contribution in [2.75, 3.05) is 0 Å². The van der Waals surface area contributed by atoms with Crippen LogP contribution in [0.5, 0.6) is 0 Å². The molecule has 0 aromatic carbocycles. The van der Waals surface area contributed by atoms with E-state index < -0.39 is 5.09 Å². The second-order valence-corrected chi connectivity index (χ2v) is 0.238. The number of nitrogens with zero attached hydrogens (tertiary/aromatic N) is 1. The topological polar surface area (TPSA) is 63.4 Å². The Morgan fingerprint density at radius 1 is 1.25 bits per heavy atom. The van der Waals surface area contributed by atoms with Crippen molar-refractivity contribution in [2.24, 2.45) is 0 Å². The van der Waals surface area contributed by atoms with Gasteiger partial charge in [-0.15, -0.1) is 10.1 Å². The third kappa shape index (κ3) is 1790. The molecule has 0 amide bonds. The molecule has 0 aromatic rings. The molecule has 0 atom stereocenters. The van der Waals surface area contributed by atoms with E-state index in [9.17, 15) is 0 Å². The number of hydrogen-bond acceptors (Lipinski definition) is 2. The van der Waals surface area contributed by atoms with E-state index in [0.717, 1.165) is 0 Å². The maximum absolute atomic E-state index is 8.36. The zero-order valence-corrected chi connectivity index (χ0v) is 6.44. The van der Waals surface area contributed by atoms with Gasteiger partial charge in [-0.3, -0.25) is 0 Å². The van der Waals surface area contributed by atoms with Gasteiger partial charge >= 0.3 is 17.4 Å². The predicted octanol–water partition coefficient (Wildman–Crippen LogP) is 0.622. The molecular formula is C3H10AlNO3. The predicted molar refractivity (Wildman–Crippen MR) is 33.8 cm³/mol. The van der Waals surface area contributed by atoms with Crippen molar-refractivity contribution >= 4 is 17.4 Å². The standard InChI is InChI=1S/3CH3.Al.HNO3/c;;;;2-1(3)4/h3*1H3;;(H,2,3,4)/q3*-1;+3;. The third-order valence-corrected chi connectivity index (χ3v) is 0. The van der Waals surface area contributed by atoms with Gasteiger partial charge in [-0.1, -0.05) is 0 Å². The van der Waals surface area contributed by atoms with Gasteiger partial charge in [0.1, 0.15) is 0 Å². The summed E-state index contributed by atoms with van der Waals surface area (Å²) < 4.78 is 0. The first-order chi connectivity index (χ1) is 1.73. The summed E-state index contributed by atoms with van der Waals surface area (Å²) in [5, 5.41) is 13.6. The molecule has 0 aliphatic heterocycles. The molecule has 8 heavy (non-hydrogen) atoms. The zero-order chi connectivity index (χ0) is 3.58. The molecule has 0 radical (unpaired) electrons. The van der Waals surface area contributed by atoms with Gasteiger partial charge in [-0.05, 0) is 0 Å². The van der Waals surface area contributed by atoms with Crippen LogP contribution in [0.1, 0.15) is 0 Å². The smallest absolute Gasteiger partial charge is 0.358 e. The summed E-state index contributed by atoms with van der Waals surface area (Å²) in [6.07, 6.45) is 0. The SMILES string of the molecule is O=[N+]([O-])O.[Al+3].[CH3-].[CH3-].[CH3-]. The molecule has 0 aliphatic rings. The van der Waals surface area contributed by atoms with Gasteiger partial charge in [-0.2, -0.15) is 0 Å². The van der Waals surface area contributed by atoms with Crippen LogP contribution < -0.4 is 0 Å². The Balaban J connectivity index is -0.00000000750. The van der Waals surface area contributed by atoms with Gasteiger partial charge < -0.3 is 27.5 Å². The summed E-state index contributed by atoms with van der Waals surface area (Å²) in [7, 11) is 0. The summed E-state index contributed by atoms with van der Waals surface area (Å²) in [5.74, 6) is 0. The monoisotopic (exact) mass is 135 g/mol. The Morgan fingerprint density at radius 2 is 1.25 bits per heavy atom. The summed E-state index contributed by atoms with van der Waals surface area (Å²) in [5.41, 5.74) is 0. The van der Waals surface area contributed by atoms with Crippen molar-refractivity contribution in [1.29, 1.82) is 0 Å². The minimum absolute atomic E-state index is 0. The second-order valence-electron chi connectivity index (χ2n) is 0.238. The second kappa shape index (κ2) is 29.6. The van der Waals surface area contributed by atoms with E-state index in [-0.39, 0.29) is 39.6 Å². The fourth-order valence-corrected chi connectivity index (χ4v) is 0. The van der Waals surface area contributed by atoms with Crippen molar-refractivity contribution < 1.29 is 10.3 Å². The van der Waals surface area contributed by atoms with E-state index in [1.807, 2.05) is 0 Å². The molecule has 0 bridgehead atoms. The van der Waals surface area contributed by atoms with Gasteiger partial charge in [0.05, 0.1) is 0 Å². The van der Waals surface area contributed by atoms with Gasteiger partial charge in [0.2, 0.25) is 0 Å². The average molecular weight is 135 g/mol. The number of hydrogen-bond donors (Lipinski definition) is 1. The molecule has 0 heterocycles. The molecule has 0 unspecified atom stereocenters. The van der Waals surface area contributed by atoms with Gasteiger partial charge in [0.25, 0.3) is 5.09 Å². The summed E-state index contributed by atoms with van der Waals surface area (Å²) in [6, 6.07) is 0. The first kappa shape index (κ1) is 46.9. The Bertz CT molecular complexity index is 37.5. The van der Waals surface area contributed by atoms with E-state index >= 15 is 0 Å². The van der Waals surface area contributed by atoms with Gasteiger partial charge in [0, 0.05) is 0 Å². The summed E-state index contributed by atoms with van der Waals surface area (Å²) >= 11 is 0. The maximum Gasteiger partial charge on any atom is 3.00 e. The molecule has 0 fully saturated rings. The molecule has 0 saturated heterocycles. The van der Waals surface area contributed by atoms with Crippen LogP contribution in [-0.4, -0.2) is 27.7 Å². The van der Waals surface area contributed by atoms with Crippen LogP contribution in [0.25, 0.3) is 0 Å². The molecule has 5 heteroatoms. The molecule has 0 spiro atoms. The zero-order valence-electron chi connectivity index (χ0n) is 5.29. The van der Waals surface area contributed by atoms with Crippen molar-refractivity contribution in [3.05, 3.63) is 32.4 Å². The summed E-state index contributed by atoms with van der Waals surface area (Å²) in [4.78, 5) is 8.36. The average Bonchev–Trinajstić information content (AvgIpc) is 0.811. The molecule has 0 aromatic heterocycles. The minimum atomic E-state index is -1.50. The third-order valence-electron chi connectivity index (χ3n) is 0. The molecular weight excluding hydrogens is 125 g/mol. The fourth-order valence-electron chi connectivity index (χ4n) is 0. The normalized spacial score (nSPS) is 3.00. The van der Waals surface area contributed by atoms with E-state index in [1.165, 1.54) is 0 Å². The molecule has 0 saturated carbocycles. The van der Waals surface area contributed by atoms with Crippen LogP contribution in [0, 0.1) is 32.4 Å². The molecule has 48 valence electrons. The first-order valence-corrected chi connectivity index (χ1v) is 0.565. The fraction of sp³-hybridized carbons (Fsp3) is 0. The van der Waals surface area contributed by atoms with Crippen LogP contribution in [-0.2, 0) is 0 Å². The Labute approximate surface area is 60.8 Å².